The highest BCUT2D eigenvalue weighted by atomic mass is 19.4. The molecule has 2 aromatic rings. The molecule has 0 spiro atoms. The van der Waals surface area contributed by atoms with Crippen LogP contribution < -0.4 is 0 Å². The van der Waals surface area contributed by atoms with E-state index in [9.17, 15) is 13.2 Å². The number of hydrogen-bond donors (Lipinski definition) is 0. The normalized spacial score (nSPS) is 13.2. The number of fused-ring (bicyclic) bond motifs is 1. The third kappa shape index (κ3) is 3.01. The van der Waals surface area contributed by atoms with Gasteiger partial charge in [-0.25, -0.2) is 9.97 Å². The average molecular weight is 296 g/mol. The lowest BCUT2D eigenvalue weighted by atomic mass is 9.89. The molecule has 114 valence electrons. The zero-order valence-electron chi connectivity index (χ0n) is 12.8. The van der Waals surface area contributed by atoms with E-state index in [-0.39, 0.29) is 11.6 Å². The van der Waals surface area contributed by atoms with Crippen molar-refractivity contribution in [2.75, 3.05) is 0 Å². The summed E-state index contributed by atoms with van der Waals surface area (Å²) in [6.45, 7) is 9.14. The minimum atomic E-state index is -4.50. The first-order chi connectivity index (χ1) is 9.51. The smallest absolute Gasteiger partial charge is 0.248 e. The minimum absolute atomic E-state index is 0.00407. The summed E-state index contributed by atoms with van der Waals surface area (Å²) in [6.07, 6.45) is -4.50. The second-order valence-corrected chi connectivity index (χ2v) is 6.54. The van der Waals surface area contributed by atoms with Crippen molar-refractivity contribution in [2.45, 2.75) is 52.1 Å². The lowest BCUT2D eigenvalue weighted by Crippen LogP contribution is -2.23. The van der Waals surface area contributed by atoms with Gasteiger partial charge in [0.05, 0.1) is 16.7 Å². The molecule has 1 aromatic carbocycles. The van der Waals surface area contributed by atoms with Crippen molar-refractivity contribution >= 4 is 11.0 Å². The zero-order chi connectivity index (χ0) is 16.0. The van der Waals surface area contributed by atoms with Gasteiger partial charge in [-0.1, -0.05) is 46.8 Å². The Balaban J connectivity index is 2.88. The Kier molecular flexibility index (Phi) is 3.72. The second-order valence-electron chi connectivity index (χ2n) is 6.54. The Morgan fingerprint density at radius 3 is 2.05 bits per heavy atom. The van der Waals surface area contributed by atoms with Crippen molar-refractivity contribution in [3.8, 4) is 0 Å². The number of nitrogens with zero attached hydrogens (tertiary/aromatic N) is 2. The highest BCUT2D eigenvalue weighted by molar-refractivity contribution is 5.79. The maximum absolute atomic E-state index is 13.3. The van der Waals surface area contributed by atoms with Crippen LogP contribution in [0.2, 0.25) is 0 Å². The van der Waals surface area contributed by atoms with Gasteiger partial charge in [0.1, 0.15) is 0 Å². The van der Waals surface area contributed by atoms with Gasteiger partial charge in [-0.15, -0.1) is 0 Å². The maximum Gasteiger partial charge on any atom is 0.435 e. The van der Waals surface area contributed by atoms with Gasteiger partial charge in [0.15, 0.2) is 5.69 Å². The number of benzene rings is 1. The molecule has 0 N–H and O–H groups in total. The molecule has 0 unspecified atom stereocenters. The van der Waals surface area contributed by atoms with E-state index in [1.165, 1.54) is 0 Å². The summed E-state index contributed by atoms with van der Waals surface area (Å²) in [6, 6.07) is 5.19. The van der Waals surface area contributed by atoms with Crippen molar-refractivity contribution in [1.29, 1.82) is 0 Å². The first-order valence-corrected chi connectivity index (χ1v) is 6.90. The highest BCUT2D eigenvalue weighted by Crippen LogP contribution is 2.37. The van der Waals surface area contributed by atoms with Crippen LogP contribution in [0.5, 0.6) is 0 Å². The Labute approximate surface area is 122 Å². The van der Waals surface area contributed by atoms with E-state index >= 15 is 0 Å². The van der Waals surface area contributed by atoms with Crippen molar-refractivity contribution in [3.63, 3.8) is 0 Å². The van der Waals surface area contributed by atoms with Gasteiger partial charge in [-0.05, 0) is 17.5 Å². The second kappa shape index (κ2) is 4.97. The van der Waals surface area contributed by atoms with Crippen LogP contribution in [-0.2, 0) is 11.6 Å². The first kappa shape index (κ1) is 15.7. The first-order valence-electron chi connectivity index (χ1n) is 6.90. The van der Waals surface area contributed by atoms with Gasteiger partial charge in [0, 0.05) is 5.41 Å². The van der Waals surface area contributed by atoms with Crippen molar-refractivity contribution in [1.82, 2.24) is 9.97 Å². The summed E-state index contributed by atoms with van der Waals surface area (Å²) in [5.41, 5.74) is 0.154. The van der Waals surface area contributed by atoms with Crippen LogP contribution in [0.4, 0.5) is 13.2 Å². The monoisotopic (exact) mass is 296 g/mol. The molecule has 0 saturated heterocycles. The van der Waals surface area contributed by atoms with E-state index in [1.54, 1.807) is 32.9 Å². The average Bonchev–Trinajstić information content (AvgIpc) is 2.34. The molecule has 0 saturated carbocycles. The SMILES string of the molecule is CC(C)c1cccc2nc(C(F)(F)F)c(C(C)(C)C)nc12. The van der Waals surface area contributed by atoms with Gasteiger partial charge in [-0.2, -0.15) is 13.2 Å². The molecule has 0 bridgehead atoms. The number of rotatable bonds is 1. The fourth-order valence-electron chi connectivity index (χ4n) is 2.29. The largest absolute Gasteiger partial charge is 0.435 e. The summed E-state index contributed by atoms with van der Waals surface area (Å²) < 4.78 is 39.8. The number of aromatic nitrogens is 2. The Morgan fingerprint density at radius 2 is 1.57 bits per heavy atom. The van der Waals surface area contributed by atoms with Crippen LogP contribution in [0, 0.1) is 0 Å². The van der Waals surface area contributed by atoms with Crippen LogP contribution in [-0.4, -0.2) is 9.97 Å². The Bertz CT molecular complexity index is 668. The van der Waals surface area contributed by atoms with E-state index in [0.29, 0.717) is 11.0 Å². The summed E-state index contributed by atoms with van der Waals surface area (Å²) in [5, 5.41) is 0. The number of halogens is 3. The number of alkyl halides is 3. The molecule has 0 aliphatic heterocycles. The zero-order valence-corrected chi connectivity index (χ0v) is 12.8. The van der Waals surface area contributed by atoms with Gasteiger partial charge >= 0.3 is 6.18 Å². The maximum atomic E-state index is 13.3. The van der Waals surface area contributed by atoms with Gasteiger partial charge < -0.3 is 0 Å². The summed E-state index contributed by atoms with van der Waals surface area (Å²) >= 11 is 0. The summed E-state index contributed by atoms with van der Waals surface area (Å²) in [4.78, 5) is 8.22. The Morgan fingerprint density at radius 1 is 0.952 bits per heavy atom. The molecule has 0 atom stereocenters. The molecule has 0 aliphatic carbocycles. The molecule has 1 aromatic heterocycles. The van der Waals surface area contributed by atoms with E-state index < -0.39 is 17.3 Å². The third-order valence-corrected chi connectivity index (χ3v) is 3.33. The molecule has 2 rings (SSSR count). The van der Waals surface area contributed by atoms with Crippen molar-refractivity contribution in [3.05, 3.63) is 35.2 Å². The van der Waals surface area contributed by atoms with Crippen molar-refractivity contribution < 1.29 is 13.2 Å². The van der Waals surface area contributed by atoms with Crippen molar-refractivity contribution in [2.24, 2.45) is 0 Å². The van der Waals surface area contributed by atoms with E-state index in [1.807, 2.05) is 19.9 Å². The minimum Gasteiger partial charge on any atom is -0.248 e. The van der Waals surface area contributed by atoms with Crippen LogP contribution in [0.3, 0.4) is 0 Å². The third-order valence-electron chi connectivity index (χ3n) is 3.33. The molecular weight excluding hydrogens is 277 g/mol. The fourth-order valence-corrected chi connectivity index (χ4v) is 2.29. The van der Waals surface area contributed by atoms with Crippen LogP contribution in [0.25, 0.3) is 11.0 Å². The molecule has 0 amide bonds. The fraction of sp³-hybridized carbons (Fsp3) is 0.500. The van der Waals surface area contributed by atoms with E-state index in [0.717, 1.165) is 5.56 Å². The quantitative estimate of drug-likeness (QED) is 0.734. The summed E-state index contributed by atoms with van der Waals surface area (Å²) in [5.74, 6) is 0.174. The lowest BCUT2D eigenvalue weighted by molar-refractivity contribution is -0.142. The summed E-state index contributed by atoms with van der Waals surface area (Å²) in [7, 11) is 0. The van der Waals surface area contributed by atoms with Crippen LogP contribution in [0.15, 0.2) is 18.2 Å². The van der Waals surface area contributed by atoms with Gasteiger partial charge in [0.25, 0.3) is 0 Å². The standard InChI is InChI=1S/C16H19F3N2/c1-9(2)10-7-6-8-11-12(10)21-13(15(3,4)5)14(20-11)16(17,18)19/h6-9H,1-5H3. The predicted octanol–water partition coefficient (Wildman–Crippen LogP) is 5.07. The molecule has 2 nitrogen and oxygen atoms in total. The number of para-hydroxylation sites is 1. The molecule has 0 fully saturated rings. The molecule has 21 heavy (non-hydrogen) atoms. The predicted molar refractivity (Wildman–Crippen MR) is 77.3 cm³/mol. The van der Waals surface area contributed by atoms with E-state index in [4.69, 9.17) is 0 Å². The molecule has 0 radical (unpaired) electrons. The number of hydrogen-bond acceptors (Lipinski definition) is 2. The van der Waals surface area contributed by atoms with Gasteiger partial charge in [-0.3, -0.25) is 0 Å². The molecule has 1 heterocycles. The Hall–Kier alpha value is -1.65. The van der Waals surface area contributed by atoms with Crippen LogP contribution >= 0.6 is 0 Å². The lowest BCUT2D eigenvalue weighted by Gasteiger charge is -2.23. The molecular formula is C16H19F3N2. The molecule has 5 heteroatoms. The van der Waals surface area contributed by atoms with Gasteiger partial charge in [0.2, 0.25) is 0 Å². The molecule has 0 aliphatic rings. The van der Waals surface area contributed by atoms with Crippen LogP contribution in [0.1, 0.15) is 57.5 Å². The topological polar surface area (TPSA) is 25.8 Å². The van der Waals surface area contributed by atoms with E-state index in [2.05, 4.69) is 9.97 Å². The highest BCUT2D eigenvalue weighted by Gasteiger charge is 2.40.